The maximum absolute atomic E-state index is 12.5. The van der Waals surface area contributed by atoms with Crippen molar-refractivity contribution < 1.29 is 13.2 Å². The van der Waals surface area contributed by atoms with E-state index in [1.54, 1.807) is 55.5 Å². The number of amides is 1. The molecule has 7 heteroatoms. The topological polar surface area (TPSA) is 66.5 Å². The summed E-state index contributed by atoms with van der Waals surface area (Å²) < 4.78 is 25.5. The van der Waals surface area contributed by atoms with Crippen LogP contribution in [0.15, 0.2) is 48.5 Å². The molecule has 0 radical (unpaired) electrons. The summed E-state index contributed by atoms with van der Waals surface area (Å²) >= 11 is 5.81. The molecule has 0 aliphatic rings. The van der Waals surface area contributed by atoms with Gasteiger partial charge in [-0.3, -0.25) is 9.10 Å². The Labute approximate surface area is 147 Å². The van der Waals surface area contributed by atoms with Gasteiger partial charge in [0.1, 0.15) is 6.04 Å². The van der Waals surface area contributed by atoms with Gasteiger partial charge in [-0.25, -0.2) is 8.42 Å². The lowest BCUT2D eigenvalue weighted by Crippen LogP contribution is -2.45. The number of hydrogen-bond acceptors (Lipinski definition) is 3. The van der Waals surface area contributed by atoms with Gasteiger partial charge in [0, 0.05) is 10.7 Å². The highest BCUT2D eigenvalue weighted by atomic mass is 35.5. The van der Waals surface area contributed by atoms with E-state index in [-0.39, 0.29) is 0 Å². The van der Waals surface area contributed by atoms with Crippen molar-refractivity contribution in [2.45, 2.75) is 19.9 Å². The molecular weight excluding hydrogens is 348 g/mol. The Morgan fingerprint density at radius 3 is 2.12 bits per heavy atom. The van der Waals surface area contributed by atoms with E-state index in [4.69, 9.17) is 11.6 Å². The molecule has 0 spiro atoms. The van der Waals surface area contributed by atoms with Crippen LogP contribution in [-0.2, 0) is 14.8 Å². The number of nitrogens with one attached hydrogen (secondary N) is 1. The maximum atomic E-state index is 12.5. The first-order valence-corrected chi connectivity index (χ1v) is 9.53. The molecule has 0 saturated heterocycles. The van der Waals surface area contributed by atoms with E-state index in [0.717, 1.165) is 16.1 Å². The lowest BCUT2D eigenvalue weighted by Gasteiger charge is -2.28. The van der Waals surface area contributed by atoms with Crippen LogP contribution in [0.25, 0.3) is 0 Å². The van der Waals surface area contributed by atoms with Gasteiger partial charge in [-0.05, 0) is 50.2 Å². The molecule has 5 nitrogen and oxygen atoms in total. The smallest absolute Gasteiger partial charge is 0.247 e. The number of benzene rings is 2. The van der Waals surface area contributed by atoms with Crippen LogP contribution in [0.2, 0.25) is 5.02 Å². The normalized spacial score (nSPS) is 12.5. The second-order valence-electron chi connectivity index (χ2n) is 5.57. The molecule has 0 aliphatic carbocycles. The molecule has 0 aromatic heterocycles. The molecule has 0 unspecified atom stereocenters. The molecule has 2 aromatic carbocycles. The fourth-order valence-electron chi connectivity index (χ4n) is 2.28. The highest BCUT2D eigenvalue weighted by molar-refractivity contribution is 7.92. The molecule has 128 valence electrons. The summed E-state index contributed by atoms with van der Waals surface area (Å²) in [7, 11) is -3.62. The summed E-state index contributed by atoms with van der Waals surface area (Å²) in [5, 5.41) is 3.25. The Morgan fingerprint density at radius 2 is 1.62 bits per heavy atom. The van der Waals surface area contributed by atoms with Crippen LogP contribution in [0.4, 0.5) is 11.4 Å². The van der Waals surface area contributed by atoms with E-state index in [1.807, 2.05) is 6.92 Å². The molecule has 2 rings (SSSR count). The van der Waals surface area contributed by atoms with E-state index in [1.165, 1.54) is 0 Å². The largest absolute Gasteiger partial charge is 0.324 e. The van der Waals surface area contributed by atoms with Crippen LogP contribution >= 0.6 is 11.6 Å². The van der Waals surface area contributed by atoms with Crippen LogP contribution in [0, 0.1) is 6.92 Å². The highest BCUT2D eigenvalue weighted by Crippen LogP contribution is 2.22. The summed E-state index contributed by atoms with van der Waals surface area (Å²) in [4.78, 5) is 12.5. The van der Waals surface area contributed by atoms with Crippen molar-refractivity contribution in [2.75, 3.05) is 15.9 Å². The zero-order chi connectivity index (χ0) is 17.9. The molecule has 0 aliphatic heterocycles. The number of carbonyl (C=O) groups is 1. The van der Waals surface area contributed by atoms with Crippen molar-refractivity contribution in [3.8, 4) is 0 Å². The van der Waals surface area contributed by atoms with Gasteiger partial charge in [-0.15, -0.1) is 0 Å². The summed E-state index contributed by atoms with van der Waals surface area (Å²) in [6.07, 6.45) is 1.08. The van der Waals surface area contributed by atoms with E-state index in [0.29, 0.717) is 16.4 Å². The Kier molecular flexibility index (Phi) is 5.51. The number of hydrogen-bond donors (Lipinski definition) is 1. The van der Waals surface area contributed by atoms with Gasteiger partial charge >= 0.3 is 0 Å². The summed E-state index contributed by atoms with van der Waals surface area (Å²) in [5.74, 6) is -0.427. The minimum atomic E-state index is -3.62. The first-order chi connectivity index (χ1) is 11.2. The third kappa shape index (κ3) is 4.49. The Balaban J connectivity index is 2.27. The van der Waals surface area contributed by atoms with Crippen molar-refractivity contribution in [3.63, 3.8) is 0 Å². The predicted molar refractivity (Wildman–Crippen MR) is 98.0 cm³/mol. The standard InChI is InChI=1S/C17H19ClN2O3S/c1-12-4-10-16(11-5-12)20(24(3,22)23)13(2)17(21)19-15-8-6-14(18)7-9-15/h4-11,13H,1-3H3,(H,19,21)/t13-/m1/s1. The predicted octanol–water partition coefficient (Wildman–Crippen LogP) is 3.44. The minimum Gasteiger partial charge on any atom is -0.324 e. The fraction of sp³-hybridized carbons (Fsp3) is 0.235. The van der Waals surface area contributed by atoms with Crippen LogP contribution in [-0.4, -0.2) is 26.6 Å². The van der Waals surface area contributed by atoms with Crippen LogP contribution in [0.5, 0.6) is 0 Å². The van der Waals surface area contributed by atoms with E-state index in [2.05, 4.69) is 5.32 Å². The minimum absolute atomic E-state index is 0.427. The Morgan fingerprint density at radius 1 is 1.08 bits per heavy atom. The lowest BCUT2D eigenvalue weighted by molar-refractivity contribution is -0.116. The average Bonchev–Trinajstić information content (AvgIpc) is 2.50. The van der Waals surface area contributed by atoms with Crippen molar-refractivity contribution in [2.24, 2.45) is 0 Å². The second kappa shape index (κ2) is 7.23. The number of rotatable bonds is 5. The van der Waals surface area contributed by atoms with Gasteiger partial charge in [0.15, 0.2) is 0 Å². The Bertz CT molecular complexity index is 818. The van der Waals surface area contributed by atoms with E-state index in [9.17, 15) is 13.2 Å². The number of aryl methyl sites for hydroxylation is 1. The first kappa shape index (κ1) is 18.3. The molecule has 2 aromatic rings. The lowest BCUT2D eigenvalue weighted by atomic mass is 10.2. The van der Waals surface area contributed by atoms with Gasteiger partial charge in [0.25, 0.3) is 0 Å². The monoisotopic (exact) mass is 366 g/mol. The SMILES string of the molecule is Cc1ccc(N([C@H](C)C(=O)Nc2ccc(Cl)cc2)S(C)(=O)=O)cc1. The molecule has 0 heterocycles. The molecular formula is C17H19ClN2O3S. The molecule has 24 heavy (non-hydrogen) atoms. The van der Waals surface area contributed by atoms with Crippen LogP contribution in [0.3, 0.4) is 0 Å². The van der Waals surface area contributed by atoms with Crippen molar-refractivity contribution in [1.29, 1.82) is 0 Å². The van der Waals surface area contributed by atoms with Crippen molar-refractivity contribution in [1.82, 2.24) is 0 Å². The van der Waals surface area contributed by atoms with E-state index < -0.39 is 22.0 Å². The fourth-order valence-corrected chi connectivity index (χ4v) is 3.58. The summed E-state index contributed by atoms with van der Waals surface area (Å²) in [6.45, 7) is 3.46. The third-order valence-electron chi connectivity index (χ3n) is 3.49. The van der Waals surface area contributed by atoms with Gasteiger partial charge in [-0.2, -0.15) is 0 Å². The number of anilines is 2. The van der Waals surface area contributed by atoms with Crippen LogP contribution in [0.1, 0.15) is 12.5 Å². The number of halogens is 1. The molecule has 1 atom stereocenters. The molecule has 1 N–H and O–H groups in total. The van der Waals surface area contributed by atoms with Crippen LogP contribution < -0.4 is 9.62 Å². The first-order valence-electron chi connectivity index (χ1n) is 7.31. The zero-order valence-corrected chi connectivity index (χ0v) is 15.2. The molecule has 0 fully saturated rings. The van der Waals surface area contributed by atoms with Crippen molar-refractivity contribution >= 4 is 38.9 Å². The maximum Gasteiger partial charge on any atom is 0.247 e. The van der Waals surface area contributed by atoms with Gasteiger partial charge in [0.2, 0.25) is 15.9 Å². The molecule has 0 saturated carbocycles. The molecule has 0 bridgehead atoms. The third-order valence-corrected chi connectivity index (χ3v) is 4.98. The Hall–Kier alpha value is -2.05. The quantitative estimate of drug-likeness (QED) is 0.881. The highest BCUT2D eigenvalue weighted by Gasteiger charge is 2.29. The van der Waals surface area contributed by atoms with E-state index >= 15 is 0 Å². The number of nitrogens with zero attached hydrogens (tertiary/aromatic N) is 1. The summed E-state index contributed by atoms with van der Waals surface area (Å²) in [5.41, 5.74) is 2.00. The van der Waals surface area contributed by atoms with Crippen molar-refractivity contribution in [3.05, 3.63) is 59.1 Å². The van der Waals surface area contributed by atoms with Gasteiger partial charge in [-0.1, -0.05) is 29.3 Å². The number of sulfonamides is 1. The zero-order valence-electron chi connectivity index (χ0n) is 13.7. The summed E-state index contributed by atoms with van der Waals surface area (Å²) in [6, 6.07) is 12.7. The second-order valence-corrected chi connectivity index (χ2v) is 7.86. The average molecular weight is 367 g/mol. The molecule has 1 amide bonds. The number of carbonyl (C=O) groups excluding carboxylic acids is 1. The van der Waals surface area contributed by atoms with Gasteiger partial charge in [0.05, 0.1) is 11.9 Å². The van der Waals surface area contributed by atoms with Gasteiger partial charge < -0.3 is 5.32 Å².